The van der Waals surface area contributed by atoms with E-state index in [2.05, 4.69) is 26.8 Å². The van der Waals surface area contributed by atoms with Crippen LogP contribution >= 0.6 is 0 Å². The number of hydrogen-bond donors (Lipinski definition) is 0. The summed E-state index contributed by atoms with van der Waals surface area (Å²) in [5.41, 5.74) is 2.23. The fourth-order valence-corrected chi connectivity index (χ4v) is 5.65. The lowest BCUT2D eigenvalue weighted by Crippen LogP contribution is -2.65. The molecule has 1 spiro atoms. The van der Waals surface area contributed by atoms with Gasteiger partial charge in [-0.2, -0.15) is 0 Å². The van der Waals surface area contributed by atoms with Crippen LogP contribution in [0.5, 0.6) is 0 Å². The first-order valence-corrected chi connectivity index (χ1v) is 7.72. The van der Waals surface area contributed by atoms with Gasteiger partial charge in [-0.15, -0.1) is 0 Å². The molecular weight excluding hydrogens is 236 g/mol. The zero-order valence-electron chi connectivity index (χ0n) is 12.7. The molecule has 19 heavy (non-hydrogen) atoms. The number of carbonyl (C=O) groups is 1. The van der Waals surface area contributed by atoms with Gasteiger partial charge in [0.2, 0.25) is 0 Å². The Morgan fingerprint density at radius 2 is 2.21 bits per heavy atom. The molecule has 2 saturated carbocycles. The van der Waals surface area contributed by atoms with Gasteiger partial charge in [0.05, 0.1) is 6.61 Å². The molecule has 0 aliphatic heterocycles. The molecule has 0 heterocycles. The zero-order valence-corrected chi connectivity index (χ0v) is 12.7. The Morgan fingerprint density at radius 3 is 2.89 bits per heavy atom. The van der Waals surface area contributed by atoms with E-state index in [1.807, 2.05) is 0 Å². The van der Waals surface area contributed by atoms with Crippen LogP contribution in [0.25, 0.3) is 0 Å². The minimum absolute atomic E-state index is 0.138. The molecule has 0 radical (unpaired) electrons. The average molecular weight is 262 g/mol. The van der Waals surface area contributed by atoms with Crippen molar-refractivity contribution in [2.24, 2.45) is 28.6 Å². The molecular formula is C17H26O2. The molecule has 0 aromatic rings. The molecule has 5 atom stereocenters. The zero-order chi connectivity index (χ0) is 13.8. The van der Waals surface area contributed by atoms with E-state index in [4.69, 9.17) is 4.74 Å². The highest BCUT2D eigenvalue weighted by atomic mass is 16.5. The fraction of sp³-hybridized carbons (Fsp3) is 0.824. The van der Waals surface area contributed by atoms with Crippen LogP contribution in [0.2, 0.25) is 0 Å². The molecule has 0 bridgehead atoms. The van der Waals surface area contributed by atoms with E-state index in [-0.39, 0.29) is 11.4 Å². The highest BCUT2D eigenvalue weighted by Crippen LogP contribution is 2.76. The van der Waals surface area contributed by atoms with Crippen LogP contribution < -0.4 is 0 Å². The van der Waals surface area contributed by atoms with Gasteiger partial charge >= 0.3 is 5.97 Å². The third-order valence-corrected chi connectivity index (χ3v) is 6.53. The number of carbonyl (C=O) groups excluding carboxylic acids is 1. The second-order valence-corrected chi connectivity index (χ2v) is 7.42. The molecule has 2 fully saturated rings. The van der Waals surface area contributed by atoms with E-state index in [1.165, 1.54) is 38.2 Å². The summed E-state index contributed by atoms with van der Waals surface area (Å²) in [6, 6.07) is 0. The van der Waals surface area contributed by atoms with E-state index in [0.29, 0.717) is 17.9 Å². The second kappa shape index (κ2) is 4.10. The minimum atomic E-state index is -0.138. The Kier molecular flexibility index (Phi) is 2.85. The summed E-state index contributed by atoms with van der Waals surface area (Å²) < 4.78 is 5.40. The van der Waals surface area contributed by atoms with Gasteiger partial charge < -0.3 is 4.74 Å². The van der Waals surface area contributed by atoms with Gasteiger partial charge in [0, 0.05) is 12.3 Å². The highest BCUT2D eigenvalue weighted by Gasteiger charge is 2.71. The summed E-state index contributed by atoms with van der Waals surface area (Å²) >= 11 is 0. The van der Waals surface area contributed by atoms with Crippen LogP contribution in [0.1, 0.15) is 53.4 Å². The van der Waals surface area contributed by atoms with Crippen molar-refractivity contribution in [3.8, 4) is 0 Å². The lowest BCUT2D eigenvalue weighted by molar-refractivity contribution is -0.205. The standard InChI is InChI=1S/C17H26O2/c1-11-7-8-17-12(2)5-6-14(17)16(4,15(17)9-11)10-19-13(3)18/h9,12,14-15H,5-8,10H2,1-4H3/t12-,14+,15+,16+,17+/m0/s1. The van der Waals surface area contributed by atoms with Gasteiger partial charge in [-0.3, -0.25) is 4.79 Å². The number of rotatable bonds is 2. The van der Waals surface area contributed by atoms with E-state index in [9.17, 15) is 4.79 Å². The minimum Gasteiger partial charge on any atom is -0.465 e. The quantitative estimate of drug-likeness (QED) is 0.556. The van der Waals surface area contributed by atoms with Crippen LogP contribution in [-0.2, 0) is 9.53 Å². The monoisotopic (exact) mass is 262 g/mol. The van der Waals surface area contributed by atoms with E-state index >= 15 is 0 Å². The summed E-state index contributed by atoms with van der Waals surface area (Å²) in [7, 11) is 0. The Labute approximate surface area is 116 Å². The number of esters is 1. The van der Waals surface area contributed by atoms with E-state index in [0.717, 1.165) is 11.8 Å². The first-order valence-electron chi connectivity index (χ1n) is 7.72. The molecule has 0 saturated heterocycles. The molecule has 3 aliphatic carbocycles. The Balaban J connectivity index is 1.91. The largest absolute Gasteiger partial charge is 0.465 e. The molecule has 0 N–H and O–H groups in total. The van der Waals surface area contributed by atoms with Gasteiger partial charge in [-0.1, -0.05) is 25.5 Å². The second-order valence-electron chi connectivity index (χ2n) is 7.42. The molecule has 0 aromatic carbocycles. The van der Waals surface area contributed by atoms with Crippen molar-refractivity contribution in [2.75, 3.05) is 6.61 Å². The van der Waals surface area contributed by atoms with E-state index < -0.39 is 0 Å². The normalized spacial score (nSPS) is 47.8. The number of allylic oxidation sites excluding steroid dienone is 2. The van der Waals surface area contributed by atoms with Gasteiger partial charge in [-0.05, 0) is 55.8 Å². The molecule has 2 nitrogen and oxygen atoms in total. The van der Waals surface area contributed by atoms with Crippen LogP contribution in [0.3, 0.4) is 0 Å². The van der Waals surface area contributed by atoms with Gasteiger partial charge in [-0.25, -0.2) is 0 Å². The Bertz CT molecular complexity index is 439. The van der Waals surface area contributed by atoms with Crippen molar-refractivity contribution < 1.29 is 9.53 Å². The van der Waals surface area contributed by atoms with Crippen LogP contribution in [0.4, 0.5) is 0 Å². The van der Waals surface area contributed by atoms with Crippen LogP contribution in [-0.4, -0.2) is 12.6 Å². The van der Waals surface area contributed by atoms with E-state index in [1.54, 1.807) is 0 Å². The molecule has 2 heteroatoms. The summed E-state index contributed by atoms with van der Waals surface area (Å²) in [5.74, 6) is 2.07. The maximum Gasteiger partial charge on any atom is 0.302 e. The molecule has 0 amide bonds. The third-order valence-electron chi connectivity index (χ3n) is 6.53. The Hall–Kier alpha value is -0.790. The van der Waals surface area contributed by atoms with Crippen molar-refractivity contribution in [3.05, 3.63) is 11.6 Å². The maximum absolute atomic E-state index is 11.2. The van der Waals surface area contributed by atoms with Gasteiger partial charge in [0.25, 0.3) is 0 Å². The summed E-state index contributed by atoms with van der Waals surface area (Å²) in [5, 5.41) is 0. The van der Waals surface area contributed by atoms with Crippen molar-refractivity contribution >= 4 is 5.97 Å². The predicted octanol–water partition coefficient (Wildman–Crippen LogP) is 3.96. The third kappa shape index (κ3) is 1.58. The number of hydrogen-bond acceptors (Lipinski definition) is 2. The first kappa shape index (κ1) is 13.2. The topological polar surface area (TPSA) is 26.3 Å². The van der Waals surface area contributed by atoms with Crippen molar-refractivity contribution in [1.82, 2.24) is 0 Å². The molecule has 3 rings (SSSR count). The highest BCUT2D eigenvalue weighted by molar-refractivity contribution is 5.66. The maximum atomic E-state index is 11.2. The van der Waals surface area contributed by atoms with Crippen LogP contribution in [0, 0.1) is 28.6 Å². The molecule has 0 unspecified atom stereocenters. The lowest BCUT2D eigenvalue weighted by Gasteiger charge is -2.68. The van der Waals surface area contributed by atoms with Crippen molar-refractivity contribution in [2.45, 2.75) is 53.4 Å². The fourth-order valence-electron chi connectivity index (χ4n) is 5.65. The molecule has 3 aliphatic rings. The Morgan fingerprint density at radius 1 is 1.47 bits per heavy atom. The van der Waals surface area contributed by atoms with Crippen molar-refractivity contribution in [3.63, 3.8) is 0 Å². The SMILES string of the molecule is CC(=O)OC[C@@]1(C)[C@H]2C=C(C)CC[C@@]23[C@@H]1CC[C@@H]3C. The summed E-state index contributed by atoms with van der Waals surface area (Å²) in [4.78, 5) is 11.2. The summed E-state index contributed by atoms with van der Waals surface area (Å²) in [6.45, 7) is 9.17. The van der Waals surface area contributed by atoms with Crippen molar-refractivity contribution in [1.29, 1.82) is 0 Å². The lowest BCUT2D eigenvalue weighted by atomic mass is 9.36. The predicted molar refractivity (Wildman–Crippen MR) is 75.5 cm³/mol. The first-order chi connectivity index (χ1) is 8.91. The average Bonchev–Trinajstić information content (AvgIpc) is 2.65. The summed E-state index contributed by atoms with van der Waals surface area (Å²) in [6.07, 6.45) is 7.79. The van der Waals surface area contributed by atoms with Gasteiger partial charge in [0.1, 0.15) is 0 Å². The number of ether oxygens (including phenoxy) is 1. The molecule has 0 aromatic heterocycles. The van der Waals surface area contributed by atoms with Crippen LogP contribution in [0.15, 0.2) is 11.6 Å². The molecule has 106 valence electrons. The van der Waals surface area contributed by atoms with Gasteiger partial charge in [0.15, 0.2) is 0 Å². The smallest absolute Gasteiger partial charge is 0.302 e.